The number of para-hydroxylation sites is 1. The van der Waals surface area contributed by atoms with Crippen molar-refractivity contribution in [2.75, 3.05) is 10.3 Å². The average molecular weight is 392 g/mol. The number of nitrogens with two attached hydrogens (primary N) is 2. The molecule has 154 valence electrons. The third-order valence-electron chi connectivity index (χ3n) is 4.86. The van der Waals surface area contributed by atoms with Crippen LogP contribution in [0.1, 0.15) is 43.9 Å². The van der Waals surface area contributed by atoms with Gasteiger partial charge in [0, 0.05) is 5.69 Å². The van der Waals surface area contributed by atoms with E-state index >= 15 is 0 Å². The van der Waals surface area contributed by atoms with Crippen LogP contribution < -0.4 is 21.9 Å². The molecule has 0 saturated heterocycles. The number of hydrogen-bond donors (Lipinski definition) is 3. The van der Waals surface area contributed by atoms with E-state index < -0.39 is 0 Å². The number of aliphatic imine (C=N–C) groups is 1. The van der Waals surface area contributed by atoms with Crippen LogP contribution in [0.15, 0.2) is 71.6 Å². The summed E-state index contributed by atoms with van der Waals surface area (Å²) in [6.07, 6.45) is 4.70. The second-order valence-electron chi connectivity index (χ2n) is 7.11. The number of nitrogens with zero attached hydrogens (tertiary/aromatic N) is 2. The van der Waals surface area contributed by atoms with Crippen LogP contribution in [0.25, 0.3) is 0 Å². The Labute approximate surface area is 174 Å². The summed E-state index contributed by atoms with van der Waals surface area (Å²) in [5.41, 5.74) is 12.8. The molecule has 0 saturated carbocycles. The molecule has 2 aromatic carbocycles. The average Bonchev–Trinajstić information content (AvgIpc) is 2.72. The molecule has 0 bridgehead atoms. The highest BCUT2D eigenvalue weighted by Crippen LogP contribution is 2.22. The van der Waals surface area contributed by atoms with Gasteiger partial charge in [0.25, 0.3) is 0 Å². The molecular weight excluding hydrogens is 358 g/mol. The Balaban J connectivity index is 2.10. The Morgan fingerprint density at radius 1 is 1.17 bits per heavy atom. The predicted molar refractivity (Wildman–Crippen MR) is 126 cm³/mol. The molecule has 29 heavy (non-hydrogen) atoms. The first kappa shape index (κ1) is 22.2. The van der Waals surface area contributed by atoms with Gasteiger partial charge in [-0.15, -0.1) is 0 Å². The molecule has 0 spiro atoms. The summed E-state index contributed by atoms with van der Waals surface area (Å²) in [5, 5.41) is 4.82. The zero-order valence-electron chi connectivity index (χ0n) is 18.0. The summed E-state index contributed by atoms with van der Waals surface area (Å²) in [6.45, 7) is 12.3. The van der Waals surface area contributed by atoms with E-state index in [2.05, 4.69) is 55.9 Å². The van der Waals surface area contributed by atoms with E-state index in [1.807, 2.05) is 31.2 Å². The number of benzene rings is 2. The number of amidine groups is 1. The zero-order chi connectivity index (χ0) is 21.4. The Morgan fingerprint density at radius 2 is 1.90 bits per heavy atom. The fraction of sp³-hybridized carbons (Fsp3) is 0.292. The topological polar surface area (TPSA) is 79.7 Å². The summed E-state index contributed by atoms with van der Waals surface area (Å²) in [7, 11) is 0. The van der Waals surface area contributed by atoms with Crippen molar-refractivity contribution in [2.24, 2.45) is 16.6 Å². The van der Waals surface area contributed by atoms with Crippen molar-refractivity contribution in [3.63, 3.8) is 0 Å². The molecule has 0 aliphatic carbocycles. The maximum absolute atomic E-state index is 6.25. The van der Waals surface area contributed by atoms with E-state index in [1.54, 1.807) is 6.20 Å². The van der Waals surface area contributed by atoms with E-state index in [0.29, 0.717) is 11.4 Å². The van der Waals surface area contributed by atoms with Gasteiger partial charge in [-0.3, -0.25) is 5.01 Å². The lowest BCUT2D eigenvalue weighted by atomic mass is 10.0. The van der Waals surface area contributed by atoms with E-state index in [1.165, 1.54) is 21.7 Å². The molecule has 0 aliphatic heterocycles. The number of hydrogen-bond acceptors (Lipinski definition) is 4. The van der Waals surface area contributed by atoms with Gasteiger partial charge in [-0.2, -0.15) is 0 Å². The summed E-state index contributed by atoms with van der Waals surface area (Å²) >= 11 is 0. The smallest absolute Gasteiger partial charge is 0.103 e. The van der Waals surface area contributed by atoms with Crippen molar-refractivity contribution < 1.29 is 0 Å². The molecule has 0 heterocycles. The quantitative estimate of drug-likeness (QED) is 0.194. The first-order valence-electron chi connectivity index (χ1n) is 10.1. The number of rotatable bonds is 8. The molecule has 5 nitrogen and oxygen atoms in total. The Morgan fingerprint density at radius 3 is 2.55 bits per heavy atom. The molecule has 0 fully saturated rings. The van der Waals surface area contributed by atoms with Gasteiger partial charge >= 0.3 is 0 Å². The molecule has 0 unspecified atom stereocenters. The summed E-state index contributed by atoms with van der Waals surface area (Å²) in [5.74, 6) is 6.99. The lowest BCUT2D eigenvalue weighted by molar-refractivity contribution is 0.910. The van der Waals surface area contributed by atoms with E-state index in [9.17, 15) is 0 Å². The van der Waals surface area contributed by atoms with Gasteiger partial charge in [-0.1, -0.05) is 51.1 Å². The van der Waals surface area contributed by atoms with Gasteiger partial charge in [0.15, 0.2) is 0 Å². The third kappa shape index (κ3) is 5.96. The normalized spacial score (nSPS) is 12.0. The number of nitrogens with one attached hydrogen (secondary N) is 1. The Kier molecular flexibility index (Phi) is 8.04. The van der Waals surface area contributed by atoms with Crippen LogP contribution in [0.3, 0.4) is 0 Å². The molecule has 0 atom stereocenters. The van der Waals surface area contributed by atoms with Crippen molar-refractivity contribution >= 4 is 17.2 Å². The van der Waals surface area contributed by atoms with E-state index in [4.69, 9.17) is 11.6 Å². The van der Waals surface area contributed by atoms with Gasteiger partial charge in [0.1, 0.15) is 5.84 Å². The third-order valence-corrected chi connectivity index (χ3v) is 4.86. The second kappa shape index (κ2) is 10.5. The molecule has 0 aliphatic rings. The minimum atomic E-state index is 0.410. The van der Waals surface area contributed by atoms with Crippen molar-refractivity contribution in [1.82, 2.24) is 0 Å². The highest BCUT2D eigenvalue weighted by atomic mass is 15.4. The van der Waals surface area contributed by atoms with Gasteiger partial charge < -0.3 is 11.1 Å². The molecule has 2 rings (SSSR count). The summed E-state index contributed by atoms with van der Waals surface area (Å²) < 4.78 is 0. The highest BCUT2D eigenvalue weighted by molar-refractivity contribution is 5.94. The van der Waals surface area contributed by atoms with Crippen LogP contribution in [0.5, 0.6) is 0 Å². The number of aryl methyl sites for hydroxylation is 3. The molecule has 5 N–H and O–H groups in total. The first-order valence-corrected chi connectivity index (χ1v) is 10.1. The fourth-order valence-corrected chi connectivity index (χ4v) is 3.09. The molecule has 5 heteroatoms. The minimum Gasteiger partial charge on any atom is -0.396 e. The molecule has 0 amide bonds. The predicted octanol–water partition coefficient (Wildman–Crippen LogP) is 5.03. The van der Waals surface area contributed by atoms with Crippen molar-refractivity contribution in [2.45, 2.75) is 47.0 Å². The minimum absolute atomic E-state index is 0.410. The Bertz CT molecular complexity index is 911. The van der Waals surface area contributed by atoms with Crippen molar-refractivity contribution in [3.05, 3.63) is 83.3 Å². The van der Waals surface area contributed by atoms with E-state index in [-0.39, 0.29) is 0 Å². The summed E-state index contributed by atoms with van der Waals surface area (Å²) in [6, 6.07) is 14.3. The highest BCUT2D eigenvalue weighted by Gasteiger charge is 2.10. The maximum Gasteiger partial charge on any atom is 0.103 e. The molecule has 2 aromatic rings. The van der Waals surface area contributed by atoms with Gasteiger partial charge in [-0.05, 0) is 61.6 Å². The monoisotopic (exact) mass is 391 g/mol. The van der Waals surface area contributed by atoms with Gasteiger partial charge in [0.05, 0.1) is 23.3 Å². The standard InChI is InChI=1S/C24H33N5/c1-6-10-21-13-14-22(15-17(21)3)29(26)18(4)23(25)16-27-19(5)28-24-12-9-8-11-20(24)7-2/h8-9,11-16H,4,6-7,10,25-26H2,1-3,5H3,(H,27,28)/b23-16+. The Hall–Kier alpha value is -3.05. The largest absolute Gasteiger partial charge is 0.396 e. The maximum atomic E-state index is 6.25. The SMILES string of the molecule is C=C(/C(N)=C\N=C(C)Nc1ccccc1CC)N(N)c1ccc(CCC)c(C)c1. The van der Waals surface area contributed by atoms with E-state index in [0.717, 1.165) is 36.5 Å². The zero-order valence-corrected chi connectivity index (χ0v) is 18.0. The van der Waals surface area contributed by atoms with Crippen molar-refractivity contribution in [1.29, 1.82) is 0 Å². The molecule has 0 aromatic heterocycles. The molecule has 0 radical (unpaired) electrons. The fourth-order valence-electron chi connectivity index (χ4n) is 3.09. The van der Waals surface area contributed by atoms with Crippen LogP contribution >= 0.6 is 0 Å². The van der Waals surface area contributed by atoms with Gasteiger partial charge in [0.2, 0.25) is 0 Å². The van der Waals surface area contributed by atoms with Crippen LogP contribution in [0.2, 0.25) is 0 Å². The van der Waals surface area contributed by atoms with Crippen LogP contribution in [-0.2, 0) is 12.8 Å². The van der Waals surface area contributed by atoms with Crippen molar-refractivity contribution in [3.8, 4) is 0 Å². The first-order chi connectivity index (χ1) is 13.9. The summed E-state index contributed by atoms with van der Waals surface area (Å²) in [4.78, 5) is 4.42. The number of anilines is 2. The molecular formula is C24H33N5. The van der Waals surface area contributed by atoms with Crippen LogP contribution in [0, 0.1) is 6.92 Å². The number of hydrazine groups is 1. The second-order valence-corrected chi connectivity index (χ2v) is 7.11. The van der Waals surface area contributed by atoms with Crippen LogP contribution in [-0.4, -0.2) is 5.84 Å². The van der Waals surface area contributed by atoms with Crippen LogP contribution in [0.4, 0.5) is 11.4 Å². The van der Waals surface area contributed by atoms with Gasteiger partial charge in [-0.25, -0.2) is 10.8 Å². The lowest BCUT2D eigenvalue weighted by Gasteiger charge is -2.22. The lowest BCUT2D eigenvalue weighted by Crippen LogP contribution is -2.32.